The molecule has 7 nitrogen and oxygen atoms in total. The molecular weight excluding hydrogens is 330 g/mol. The molecule has 0 fully saturated rings. The monoisotopic (exact) mass is 351 g/mol. The lowest BCUT2D eigenvalue weighted by Gasteiger charge is -2.16. The quantitative estimate of drug-likeness (QED) is 0.660. The summed E-state index contributed by atoms with van der Waals surface area (Å²) in [6.45, 7) is 2.20. The van der Waals surface area contributed by atoms with Gasteiger partial charge in [-0.05, 0) is 36.8 Å². The number of H-pyrrole nitrogens is 1. The van der Waals surface area contributed by atoms with E-state index in [-0.39, 0.29) is 12.5 Å². The van der Waals surface area contributed by atoms with Crippen LogP contribution in [0.1, 0.15) is 11.4 Å². The van der Waals surface area contributed by atoms with Crippen LogP contribution in [0, 0.1) is 6.92 Å². The van der Waals surface area contributed by atoms with Gasteiger partial charge in [-0.15, -0.1) is 0 Å². The summed E-state index contributed by atoms with van der Waals surface area (Å²) in [5.74, 6) is 0.496. The van der Waals surface area contributed by atoms with Crippen molar-refractivity contribution in [3.63, 3.8) is 0 Å². The van der Waals surface area contributed by atoms with E-state index in [1.807, 2.05) is 49.4 Å². The van der Waals surface area contributed by atoms with Gasteiger partial charge < -0.3 is 20.5 Å². The van der Waals surface area contributed by atoms with Crippen LogP contribution in [-0.4, -0.2) is 40.4 Å². The number of hydrogen-bond donors (Lipinski definition) is 3. The van der Waals surface area contributed by atoms with Gasteiger partial charge in [0.1, 0.15) is 5.82 Å². The number of fused-ring (bicyclic) bond motifs is 1. The van der Waals surface area contributed by atoms with Gasteiger partial charge in [0.25, 0.3) is 0 Å². The third kappa shape index (κ3) is 4.38. The minimum atomic E-state index is -0.416. The number of nitrogens with one attached hydrogen (secondary N) is 3. The van der Waals surface area contributed by atoms with Crippen LogP contribution >= 0.6 is 0 Å². The third-order valence-electron chi connectivity index (χ3n) is 3.93. The number of likely N-dealkylation sites (N-methyl/N-ethyl adjacent to an activating group) is 1. The fourth-order valence-electron chi connectivity index (χ4n) is 2.58. The molecule has 0 bridgehead atoms. The first-order chi connectivity index (χ1) is 12.5. The molecular formula is C19H21N5O2. The molecule has 0 aliphatic heterocycles. The number of carbonyl (C=O) groups excluding carboxylic acids is 2. The standard InChI is InChI=1S/C19H21N5O2/c1-13-6-5-7-14(10-13)21-19(26)20-11-18(25)24(2)12-17-22-15-8-3-4-9-16(15)23-17/h3-10H,11-12H2,1-2H3,(H,22,23)(H2,20,21,26). The molecule has 0 saturated carbocycles. The van der Waals surface area contributed by atoms with Gasteiger partial charge in [-0.3, -0.25) is 4.79 Å². The van der Waals surface area contributed by atoms with E-state index in [1.54, 1.807) is 13.1 Å². The Morgan fingerprint density at radius 2 is 1.96 bits per heavy atom. The highest BCUT2D eigenvalue weighted by molar-refractivity contribution is 5.92. The second-order valence-corrected chi connectivity index (χ2v) is 6.13. The Balaban J connectivity index is 1.50. The van der Waals surface area contributed by atoms with Crippen molar-refractivity contribution in [3.05, 3.63) is 59.9 Å². The molecule has 3 aromatic rings. The number of anilines is 1. The summed E-state index contributed by atoms with van der Waals surface area (Å²) in [7, 11) is 1.68. The summed E-state index contributed by atoms with van der Waals surface area (Å²) < 4.78 is 0. The lowest BCUT2D eigenvalue weighted by atomic mass is 10.2. The summed E-state index contributed by atoms with van der Waals surface area (Å²) in [6, 6.07) is 14.7. The minimum Gasteiger partial charge on any atom is -0.340 e. The first-order valence-electron chi connectivity index (χ1n) is 8.30. The zero-order valence-electron chi connectivity index (χ0n) is 14.7. The highest BCUT2D eigenvalue weighted by Crippen LogP contribution is 2.11. The second kappa shape index (κ2) is 7.69. The van der Waals surface area contributed by atoms with Crippen molar-refractivity contribution in [2.24, 2.45) is 0 Å². The maximum Gasteiger partial charge on any atom is 0.319 e. The van der Waals surface area contributed by atoms with Gasteiger partial charge >= 0.3 is 6.03 Å². The Labute approximate surface area is 151 Å². The maximum absolute atomic E-state index is 12.2. The summed E-state index contributed by atoms with van der Waals surface area (Å²) in [5.41, 5.74) is 3.52. The van der Waals surface area contributed by atoms with Crippen LogP contribution in [0.2, 0.25) is 0 Å². The highest BCUT2D eigenvalue weighted by atomic mass is 16.2. The van der Waals surface area contributed by atoms with E-state index in [4.69, 9.17) is 0 Å². The molecule has 1 heterocycles. The van der Waals surface area contributed by atoms with Crippen molar-refractivity contribution in [2.75, 3.05) is 18.9 Å². The predicted molar refractivity (Wildman–Crippen MR) is 101 cm³/mol. The SMILES string of the molecule is Cc1cccc(NC(=O)NCC(=O)N(C)Cc2nc3ccccc3[nH]2)c1. The average molecular weight is 351 g/mol. The van der Waals surface area contributed by atoms with Crippen LogP contribution in [0.4, 0.5) is 10.5 Å². The molecule has 0 spiro atoms. The number of carbonyl (C=O) groups is 2. The Bertz CT molecular complexity index is 901. The van der Waals surface area contributed by atoms with Crippen LogP contribution in [0.5, 0.6) is 0 Å². The molecule has 0 atom stereocenters. The van der Waals surface area contributed by atoms with Gasteiger partial charge in [0.2, 0.25) is 5.91 Å². The zero-order chi connectivity index (χ0) is 18.5. The second-order valence-electron chi connectivity index (χ2n) is 6.13. The van der Waals surface area contributed by atoms with Crippen LogP contribution in [0.15, 0.2) is 48.5 Å². The molecule has 0 aliphatic carbocycles. The first-order valence-corrected chi connectivity index (χ1v) is 8.30. The van der Waals surface area contributed by atoms with E-state index < -0.39 is 6.03 Å². The summed E-state index contributed by atoms with van der Waals surface area (Å²) in [4.78, 5) is 33.3. The van der Waals surface area contributed by atoms with E-state index in [0.717, 1.165) is 16.6 Å². The van der Waals surface area contributed by atoms with Gasteiger partial charge in [-0.2, -0.15) is 0 Å². The molecule has 0 saturated heterocycles. The fraction of sp³-hybridized carbons (Fsp3) is 0.211. The fourth-order valence-corrected chi connectivity index (χ4v) is 2.58. The molecule has 2 aromatic carbocycles. The van der Waals surface area contributed by atoms with E-state index in [2.05, 4.69) is 20.6 Å². The average Bonchev–Trinajstić information content (AvgIpc) is 3.01. The highest BCUT2D eigenvalue weighted by Gasteiger charge is 2.13. The molecule has 0 unspecified atom stereocenters. The molecule has 134 valence electrons. The Kier molecular flexibility index (Phi) is 5.17. The van der Waals surface area contributed by atoms with E-state index in [1.165, 1.54) is 4.90 Å². The van der Waals surface area contributed by atoms with Crippen molar-refractivity contribution in [2.45, 2.75) is 13.5 Å². The normalized spacial score (nSPS) is 10.5. The van der Waals surface area contributed by atoms with E-state index >= 15 is 0 Å². The number of rotatable bonds is 5. The number of nitrogens with zero attached hydrogens (tertiary/aromatic N) is 2. The first kappa shape index (κ1) is 17.5. The van der Waals surface area contributed by atoms with Crippen LogP contribution in [0.3, 0.4) is 0 Å². The molecule has 0 aliphatic rings. The molecule has 26 heavy (non-hydrogen) atoms. The minimum absolute atomic E-state index is 0.0889. The topological polar surface area (TPSA) is 90.1 Å². The zero-order valence-corrected chi connectivity index (χ0v) is 14.7. The number of hydrogen-bond acceptors (Lipinski definition) is 3. The summed E-state index contributed by atoms with van der Waals surface area (Å²) >= 11 is 0. The van der Waals surface area contributed by atoms with Crippen molar-refractivity contribution in [3.8, 4) is 0 Å². The largest absolute Gasteiger partial charge is 0.340 e. The number of aromatic amines is 1. The third-order valence-corrected chi connectivity index (χ3v) is 3.93. The van der Waals surface area contributed by atoms with E-state index in [0.29, 0.717) is 18.1 Å². The molecule has 3 N–H and O–H groups in total. The maximum atomic E-state index is 12.2. The van der Waals surface area contributed by atoms with Crippen LogP contribution < -0.4 is 10.6 Å². The smallest absolute Gasteiger partial charge is 0.319 e. The van der Waals surface area contributed by atoms with Crippen LogP contribution in [0.25, 0.3) is 11.0 Å². The molecule has 1 aromatic heterocycles. The lowest BCUT2D eigenvalue weighted by Crippen LogP contribution is -2.39. The Hall–Kier alpha value is -3.35. The van der Waals surface area contributed by atoms with Gasteiger partial charge in [0.05, 0.1) is 24.1 Å². The van der Waals surface area contributed by atoms with Crippen molar-refractivity contribution in [1.82, 2.24) is 20.2 Å². The van der Waals surface area contributed by atoms with Gasteiger partial charge in [-0.1, -0.05) is 24.3 Å². The Morgan fingerprint density at radius 1 is 1.15 bits per heavy atom. The number of aryl methyl sites for hydroxylation is 1. The summed E-state index contributed by atoms with van der Waals surface area (Å²) in [5, 5.41) is 5.28. The lowest BCUT2D eigenvalue weighted by molar-refractivity contribution is -0.129. The molecule has 3 rings (SSSR count). The van der Waals surface area contributed by atoms with Gasteiger partial charge in [0.15, 0.2) is 0 Å². The number of benzene rings is 2. The van der Waals surface area contributed by atoms with Crippen molar-refractivity contribution >= 4 is 28.7 Å². The number of imidazole rings is 1. The van der Waals surface area contributed by atoms with Crippen molar-refractivity contribution in [1.29, 1.82) is 0 Å². The molecule has 3 amide bonds. The van der Waals surface area contributed by atoms with Crippen molar-refractivity contribution < 1.29 is 9.59 Å². The summed E-state index contributed by atoms with van der Waals surface area (Å²) in [6.07, 6.45) is 0. The van der Waals surface area contributed by atoms with Crippen LogP contribution in [-0.2, 0) is 11.3 Å². The predicted octanol–water partition coefficient (Wildman–Crippen LogP) is 2.65. The van der Waals surface area contributed by atoms with Gasteiger partial charge in [0, 0.05) is 12.7 Å². The number of para-hydroxylation sites is 2. The van der Waals surface area contributed by atoms with Gasteiger partial charge in [-0.25, -0.2) is 9.78 Å². The number of amides is 3. The molecule has 0 radical (unpaired) electrons. The number of urea groups is 1. The molecule has 7 heteroatoms. The Morgan fingerprint density at radius 3 is 2.73 bits per heavy atom. The number of aromatic nitrogens is 2. The van der Waals surface area contributed by atoms with E-state index in [9.17, 15) is 9.59 Å².